The molecule has 0 saturated carbocycles. The number of nitrogens with zero attached hydrogens (tertiary/aromatic N) is 4. The molecule has 0 spiro atoms. The van der Waals surface area contributed by atoms with E-state index in [2.05, 4.69) is 62.1 Å². The van der Waals surface area contributed by atoms with Gasteiger partial charge in [0.25, 0.3) is 0 Å². The Morgan fingerprint density at radius 3 is 2.75 bits per heavy atom. The molecular weight excluding hydrogens is 372 g/mol. The molecule has 2 heterocycles. The third-order valence-corrected chi connectivity index (χ3v) is 5.09. The number of likely N-dealkylation sites (tertiary alicyclic amines) is 1. The van der Waals surface area contributed by atoms with E-state index in [9.17, 15) is 0 Å². The van der Waals surface area contributed by atoms with Crippen LogP contribution in [0, 0.1) is 0 Å². The quantitative estimate of drug-likeness (QED) is 0.442. The van der Waals surface area contributed by atoms with Crippen LogP contribution < -0.4 is 0 Å². The van der Waals surface area contributed by atoms with Crippen molar-refractivity contribution in [1.82, 2.24) is 14.5 Å². The highest BCUT2D eigenvalue weighted by Gasteiger charge is 2.13. The van der Waals surface area contributed by atoms with Crippen LogP contribution in [0.5, 0.6) is 0 Å². The van der Waals surface area contributed by atoms with Crippen LogP contribution in [0.25, 0.3) is 16.7 Å². The van der Waals surface area contributed by atoms with Crippen LogP contribution in [0.2, 0.25) is 0 Å². The minimum Gasteiger partial charge on any atom is -0.396 e. The maximum absolute atomic E-state index is 5.16. The van der Waals surface area contributed by atoms with Gasteiger partial charge in [-0.05, 0) is 69.6 Å². The van der Waals surface area contributed by atoms with E-state index in [0.29, 0.717) is 6.61 Å². The van der Waals surface area contributed by atoms with E-state index in [4.69, 9.17) is 4.84 Å². The number of halogens is 1. The number of hydrogen-bond donors (Lipinski definition) is 0. The first-order valence-corrected chi connectivity index (χ1v) is 9.70. The van der Waals surface area contributed by atoms with Crippen molar-refractivity contribution >= 4 is 29.2 Å². The minimum atomic E-state index is 0. The normalized spacial score (nSPS) is 15.0. The van der Waals surface area contributed by atoms with Crippen molar-refractivity contribution in [2.24, 2.45) is 5.16 Å². The molecule has 2 aromatic carbocycles. The van der Waals surface area contributed by atoms with E-state index >= 15 is 0 Å². The van der Waals surface area contributed by atoms with Gasteiger partial charge in [-0.15, -0.1) is 12.4 Å². The molecule has 0 atom stereocenters. The van der Waals surface area contributed by atoms with E-state index in [-0.39, 0.29) is 12.4 Å². The number of imidazole rings is 1. The molecule has 0 aliphatic carbocycles. The molecule has 1 aliphatic heterocycles. The van der Waals surface area contributed by atoms with E-state index in [1.807, 2.05) is 20.2 Å². The third kappa shape index (κ3) is 4.37. The van der Waals surface area contributed by atoms with Gasteiger partial charge in [-0.1, -0.05) is 23.4 Å². The van der Waals surface area contributed by atoms with Crippen molar-refractivity contribution < 1.29 is 4.84 Å². The molecule has 5 nitrogen and oxygen atoms in total. The molecule has 0 unspecified atom stereocenters. The van der Waals surface area contributed by atoms with Crippen LogP contribution >= 0.6 is 12.4 Å². The topological polar surface area (TPSA) is 42.7 Å². The fraction of sp³-hybridized carbons (Fsp3) is 0.364. The summed E-state index contributed by atoms with van der Waals surface area (Å²) in [6.45, 7) is 7.90. The average Bonchev–Trinajstić information content (AvgIpc) is 3.35. The summed E-state index contributed by atoms with van der Waals surface area (Å²) in [5, 5.41) is 4.12. The van der Waals surface area contributed by atoms with Crippen molar-refractivity contribution in [3.05, 3.63) is 59.9 Å². The molecule has 0 radical (unpaired) electrons. The second-order valence-electron chi connectivity index (χ2n) is 7.07. The first-order valence-electron chi connectivity index (χ1n) is 9.70. The van der Waals surface area contributed by atoms with Crippen LogP contribution in [0.3, 0.4) is 0 Å². The molecule has 1 fully saturated rings. The predicted molar refractivity (Wildman–Crippen MR) is 117 cm³/mol. The lowest BCUT2D eigenvalue weighted by molar-refractivity contribution is 0.159. The summed E-state index contributed by atoms with van der Waals surface area (Å²) in [4.78, 5) is 12.3. The molecule has 6 heteroatoms. The van der Waals surface area contributed by atoms with Crippen LogP contribution in [0.15, 0.2) is 53.9 Å². The molecule has 0 N–H and O–H groups in total. The van der Waals surface area contributed by atoms with Crippen molar-refractivity contribution in [1.29, 1.82) is 0 Å². The average molecular weight is 399 g/mol. The van der Waals surface area contributed by atoms with Gasteiger partial charge in [0.2, 0.25) is 0 Å². The molecule has 4 rings (SSSR count). The first kappa shape index (κ1) is 20.4. The third-order valence-electron chi connectivity index (χ3n) is 5.09. The molecule has 0 bridgehead atoms. The Kier molecular flexibility index (Phi) is 6.70. The van der Waals surface area contributed by atoms with E-state index in [1.165, 1.54) is 31.5 Å². The number of fused-ring (bicyclic) bond motifs is 1. The van der Waals surface area contributed by atoms with Gasteiger partial charge in [0.05, 0.1) is 16.7 Å². The lowest BCUT2D eigenvalue weighted by atomic mass is 10.1. The molecule has 28 heavy (non-hydrogen) atoms. The van der Waals surface area contributed by atoms with E-state index in [1.54, 1.807) is 0 Å². The van der Waals surface area contributed by atoms with Gasteiger partial charge in [0.15, 0.2) is 0 Å². The molecule has 0 amide bonds. The smallest absolute Gasteiger partial charge is 0.114 e. The van der Waals surface area contributed by atoms with Crippen molar-refractivity contribution in [3.63, 3.8) is 0 Å². The fourth-order valence-electron chi connectivity index (χ4n) is 3.66. The maximum Gasteiger partial charge on any atom is 0.114 e. The standard InChI is InChI=1S/C22H26N4O.ClH/c1-3-27-24-17(2)19-9-10-22-21(14-19)23-16-26(22)20-8-6-7-18(13-20)15-25-11-4-5-12-25;/h6-10,13-14,16H,3-5,11-12,15H2,1-2H3;1H. The molecule has 1 saturated heterocycles. The Bertz CT molecular complexity index is 960. The minimum absolute atomic E-state index is 0. The van der Waals surface area contributed by atoms with E-state index < -0.39 is 0 Å². The van der Waals surface area contributed by atoms with Crippen molar-refractivity contribution in [2.45, 2.75) is 33.2 Å². The summed E-state index contributed by atoms with van der Waals surface area (Å²) in [6.07, 6.45) is 4.54. The Morgan fingerprint density at radius 1 is 1.14 bits per heavy atom. The zero-order valence-electron chi connectivity index (χ0n) is 16.5. The van der Waals surface area contributed by atoms with Gasteiger partial charge < -0.3 is 4.84 Å². The zero-order valence-corrected chi connectivity index (χ0v) is 17.3. The monoisotopic (exact) mass is 398 g/mol. The number of benzene rings is 2. The second-order valence-corrected chi connectivity index (χ2v) is 7.07. The Hall–Kier alpha value is -2.37. The number of oxime groups is 1. The van der Waals surface area contributed by atoms with Gasteiger partial charge in [0.1, 0.15) is 12.9 Å². The van der Waals surface area contributed by atoms with Crippen LogP contribution in [0.4, 0.5) is 0 Å². The summed E-state index contributed by atoms with van der Waals surface area (Å²) < 4.78 is 2.15. The highest BCUT2D eigenvalue weighted by Crippen LogP contribution is 2.22. The van der Waals surface area contributed by atoms with Crippen LogP contribution in [0.1, 0.15) is 37.8 Å². The SMILES string of the molecule is CCON=C(C)c1ccc2c(c1)ncn2-c1cccc(CN2CCCC2)c1.Cl. The van der Waals surface area contributed by atoms with Crippen LogP contribution in [-0.2, 0) is 11.4 Å². The Labute approximate surface area is 172 Å². The molecule has 148 valence electrons. The van der Waals surface area contributed by atoms with E-state index in [0.717, 1.165) is 34.5 Å². The first-order chi connectivity index (χ1) is 13.2. The Morgan fingerprint density at radius 2 is 1.96 bits per heavy atom. The largest absolute Gasteiger partial charge is 0.396 e. The van der Waals surface area contributed by atoms with Crippen molar-refractivity contribution in [2.75, 3.05) is 19.7 Å². The number of rotatable bonds is 6. The van der Waals surface area contributed by atoms with Gasteiger partial charge in [-0.3, -0.25) is 9.47 Å². The van der Waals surface area contributed by atoms with Gasteiger partial charge in [-0.2, -0.15) is 0 Å². The summed E-state index contributed by atoms with van der Waals surface area (Å²) >= 11 is 0. The highest BCUT2D eigenvalue weighted by molar-refractivity contribution is 6.00. The summed E-state index contributed by atoms with van der Waals surface area (Å²) in [5.41, 5.74) is 6.46. The van der Waals surface area contributed by atoms with Gasteiger partial charge in [0, 0.05) is 17.8 Å². The summed E-state index contributed by atoms with van der Waals surface area (Å²) in [7, 11) is 0. The zero-order chi connectivity index (χ0) is 18.6. The van der Waals surface area contributed by atoms with Crippen LogP contribution in [-0.4, -0.2) is 39.9 Å². The molecule has 1 aromatic heterocycles. The van der Waals surface area contributed by atoms with Gasteiger partial charge in [-0.25, -0.2) is 4.98 Å². The number of hydrogen-bond acceptors (Lipinski definition) is 4. The summed E-state index contributed by atoms with van der Waals surface area (Å²) in [6, 6.07) is 15.0. The fourth-order valence-corrected chi connectivity index (χ4v) is 3.66. The lowest BCUT2D eigenvalue weighted by Crippen LogP contribution is -2.18. The van der Waals surface area contributed by atoms with Gasteiger partial charge >= 0.3 is 0 Å². The maximum atomic E-state index is 5.16. The highest BCUT2D eigenvalue weighted by atomic mass is 35.5. The molecule has 1 aliphatic rings. The van der Waals surface area contributed by atoms with Crippen molar-refractivity contribution in [3.8, 4) is 5.69 Å². The number of aromatic nitrogens is 2. The second kappa shape index (κ2) is 9.22. The summed E-state index contributed by atoms with van der Waals surface area (Å²) in [5.74, 6) is 0. The molecule has 3 aromatic rings. The Balaban J connectivity index is 0.00000225. The lowest BCUT2D eigenvalue weighted by Gasteiger charge is -2.15. The predicted octanol–water partition coefficient (Wildman–Crippen LogP) is 4.80. The molecular formula is C22H27ClN4O.